The van der Waals surface area contributed by atoms with Crippen LogP contribution in [0, 0.1) is 0 Å². The minimum absolute atomic E-state index is 0.0280. The Morgan fingerprint density at radius 1 is 1.00 bits per heavy atom. The Morgan fingerprint density at radius 2 is 1.86 bits per heavy atom. The maximum absolute atomic E-state index is 9.41. The first kappa shape index (κ1) is 13.7. The second-order valence-electron chi connectivity index (χ2n) is 4.76. The van der Waals surface area contributed by atoms with E-state index in [2.05, 4.69) is 5.32 Å². The molecule has 0 saturated carbocycles. The smallest absolute Gasteiger partial charge is 0.134 e. The molecular weight excluding hydrogens is 266 g/mol. The highest BCUT2D eigenvalue weighted by molar-refractivity contribution is 5.57. The maximum atomic E-state index is 9.41. The van der Waals surface area contributed by atoms with Crippen LogP contribution in [0.15, 0.2) is 69.7 Å². The zero-order valence-electron chi connectivity index (χ0n) is 11.5. The van der Waals surface area contributed by atoms with Crippen LogP contribution < -0.4 is 5.32 Å². The third kappa shape index (κ3) is 3.24. The third-order valence-corrected chi connectivity index (χ3v) is 3.31. The Morgan fingerprint density at radius 3 is 2.57 bits per heavy atom. The molecule has 2 aromatic heterocycles. The van der Waals surface area contributed by atoms with Crippen molar-refractivity contribution in [1.29, 1.82) is 0 Å². The summed E-state index contributed by atoms with van der Waals surface area (Å²) in [6.45, 7) is 0.499. The number of rotatable bonds is 6. The van der Waals surface area contributed by atoms with Crippen LogP contribution in [0.3, 0.4) is 0 Å². The van der Waals surface area contributed by atoms with E-state index >= 15 is 0 Å². The lowest BCUT2D eigenvalue weighted by Gasteiger charge is -2.12. The number of aliphatic hydroxyl groups is 1. The molecular formula is C17H17NO3. The van der Waals surface area contributed by atoms with Gasteiger partial charge in [0.25, 0.3) is 0 Å². The normalized spacial score (nSPS) is 12.4. The van der Waals surface area contributed by atoms with Crippen molar-refractivity contribution in [3.8, 4) is 11.3 Å². The van der Waals surface area contributed by atoms with Crippen LogP contribution in [0.5, 0.6) is 0 Å². The monoisotopic (exact) mass is 283 g/mol. The average Bonchev–Trinajstić information content (AvgIpc) is 3.20. The van der Waals surface area contributed by atoms with Gasteiger partial charge >= 0.3 is 0 Å². The topological polar surface area (TPSA) is 58.5 Å². The second kappa shape index (κ2) is 6.43. The van der Waals surface area contributed by atoms with E-state index in [0.29, 0.717) is 12.3 Å². The van der Waals surface area contributed by atoms with E-state index in [4.69, 9.17) is 8.83 Å². The highest BCUT2D eigenvalue weighted by Crippen LogP contribution is 2.22. The quantitative estimate of drug-likeness (QED) is 0.728. The summed E-state index contributed by atoms with van der Waals surface area (Å²) < 4.78 is 11.1. The van der Waals surface area contributed by atoms with Gasteiger partial charge in [0.15, 0.2) is 0 Å². The van der Waals surface area contributed by atoms with Crippen molar-refractivity contribution in [2.24, 2.45) is 0 Å². The van der Waals surface area contributed by atoms with Gasteiger partial charge in [-0.1, -0.05) is 30.3 Å². The minimum Gasteiger partial charge on any atom is -0.468 e. The van der Waals surface area contributed by atoms with Gasteiger partial charge in [0.05, 0.1) is 25.5 Å². The molecule has 1 atom stereocenters. The Balaban J connectivity index is 1.65. The van der Waals surface area contributed by atoms with E-state index in [1.807, 2.05) is 48.5 Å². The van der Waals surface area contributed by atoms with Gasteiger partial charge in [0.1, 0.15) is 17.3 Å². The van der Waals surface area contributed by atoms with Crippen molar-refractivity contribution in [3.05, 3.63) is 72.4 Å². The fourth-order valence-electron chi connectivity index (χ4n) is 2.20. The molecule has 3 rings (SSSR count). The Labute approximate surface area is 123 Å². The van der Waals surface area contributed by atoms with E-state index in [1.54, 1.807) is 12.3 Å². The number of aliphatic hydroxyl groups excluding tert-OH is 1. The largest absolute Gasteiger partial charge is 0.468 e. The summed E-state index contributed by atoms with van der Waals surface area (Å²) in [7, 11) is 0. The van der Waals surface area contributed by atoms with Gasteiger partial charge in [0.2, 0.25) is 0 Å². The molecule has 21 heavy (non-hydrogen) atoms. The van der Waals surface area contributed by atoms with Crippen LogP contribution >= 0.6 is 0 Å². The number of hydrogen-bond donors (Lipinski definition) is 2. The fourth-order valence-corrected chi connectivity index (χ4v) is 2.20. The number of benzene rings is 1. The van der Waals surface area contributed by atoms with E-state index in [9.17, 15) is 5.11 Å². The van der Waals surface area contributed by atoms with Crippen LogP contribution in [0.2, 0.25) is 0 Å². The molecule has 0 amide bonds. The van der Waals surface area contributed by atoms with Gasteiger partial charge in [0, 0.05) is 5.56 Å². The van der Waals surface area contributed by atoms with Gasteiger partial charge < -0.3 is 13.9 Å². The predicted molar refractivity (Wildman–Crippen MR) is 79.5 cm³/mol. The molecule has 3 aromatic rings. The molecule has 0 aliphatic heterocycles. The molecule has 0 saturated heterocycles. The molecule has 0 bridgehead atoms. The zero-order chi connectivity index (χ0) is 14.5. The molecule has 2 N–H and O–H groups in total. The summed E-state index contributed by atoms with van der Waals surface area (Å²) in [6, 6.07) is 17.3. The predicted octanol–water partition coefficient (Wildman–Crippen LogP) is 3.36. The summed E-state index contributed by atoms with van der Waals surface area (Å²) in [6.07, 6.45) is 1.60. The third-order valence-electron chi connectivity index (χ3n) is 3.31. The van der Waals surface area contributed by atoms with Crippen LogP contribution in [0.25, 0.3) is 11.3 Å². The molecule has 4 heteroatoms. The van der Waals surface area contributed by atoms with Crippen LogP contribution in [0.4, 0.5) is 0 Å². The van der Waals surface area contributed by atoms with E-state index in [-0.39, 0.29) is 12.6 Å². The molecule has 0 spiro atoms. The van der Waals surface area contributed by atoms with Crippen LogP contribution in [-0.2, 0) is 6.54 Å². The van der Waals surface area contributed by atoms with Gasteiger partial charge in [-0.15, -0.1) is 0 Å². The van der Waals surface area contributed by atoms with Crippen LogP contribution in [0.1, 0.15) is 17.6 Å². The van der Waals surface area contributed by atoms with Crippen molar-refractivity contribution in [2.75, 3.05) is 6.61 Å². The summed E-state index contributed by atoms with van der Waals surface area (Å²) in [5, 5.41) is 12.6. The summed E-state index contributed by atoms with van der Waals surface area (Å²) in [4.78, 5) is 0. The minimum atomic E-state index is -0.231. The Bertz CT molecular complexity index is 658. The number of hydrogen-bond acceptors (Lipinski definition) is 4. The van der Waals surface area contributed by atoms with Crippen molar-refractivity contribution in [3.63, 3.8) is 0 Å². The molecule has 4 nitrogen and oxygen atoms in total. The van der Waals surface area contributed by atoms with Crippen molar-refractivity contribution in [1.82, 2.24) is 5.32 Å². The van der Waals surface area contributed by atoms with Crippen molar-refractivity contribution < 1.29 is 13.9 Å². The Kier molecular flexibility index (Phi) is 4.19. The lowest BCUT2D eigenvalue weighted by atomic mass is 10.2. The highest BCUT2D eigenvalue weighted by atomic mass is 16.3. The lowest BCUT2D eigenvalue weighted by Crippen LogP contribution is -2.23. The molecule has 0 fully saturated rings. The fraction of sp³-hybridized carbons (Fsp3) is 0.176. The highest BCUT2D eigenvalue weighted by Gasteiger charge is 2.13. The van der Waals surface area contributed by atoms with Gasteiger partial charge in [-0.3, -0.25) is 5.32 Å². The molecule has 1 aromatic carbocycles. The summed E-state index contributed by atoms with van der Waals surface area (Å²) in [5.74, 6) is 2.37. The first-order valence-corrected chi connectivity index (χ1v) is 6.88. The zero-order valence-corrected chi connectivity index (χ0v) is 11.5. The number of furan rings is 2. The SMILES string of the molecule is OCC(NCc1ccc(-c2ccccc2)o1)c1ccco1. The van der Waals surface area contributed by atoms with E-state index in [1.165, 1.54) is 0 Å². The molecule has 0 aliphatic rings. The summed E-state index contributed by atoms with van der Waals surface area (Å²) >= 11 is 0. The maximum Gasteiger partial charge on any atom is 0.134 e. The average molecular weight is 283 g/mol. The van der Waals surface area contributed by atoms with Crippen molar-refractivity contribution in [2.45, 2.75) is 12.6 Å². The molecule has 0 radical (unpaired) electrons. The Hall–Kier alpha value is -2.30. The molecule has 1 unspecified atom stereocenters. The lowest BCUT2D eigenvalue weighted by molar-refractivity contribution is 0.223. The van der Waals surface area contributed by atoms with Crippen molar-refractivity contribution >= 4 is 0 Å². The summed E-state index contributed by atoms with van der Waals surface area (Å²) in [5.41, 5.74) is 1.05. The van der Waals surface area contributed by atoms with Gasteiger partial charge in [-0.25, -0.2) is 0 Å². The molecule has 2 heterocycles. The van der Waals surface area contributed by atoms with Crippen LogP contribution in [-0.4, -0.2) is 11.7 Å². The standard InChI is InChI=1S/C17H17NO3/c19-12-15(17-7-4-10-20-17)18-11-14-8-9-16(21-14)13-5-2-1-3-6-13/h1-10,15,18-19H,11-12H2. The van der Waals surface area contributed by atoms with E-state index in [0.717, 1.165) is 17.1 Å². The molecule has 108 valence electrons. The second-order valence-corrected chi connectivity index (χ2v) is 4.76. The molecule has 0 aliphatic carbocycles. The van der Waals surface area contributed by atoms with Gasteiger partial charge in [-0.05, 0) is 24.3 Å². The first-order chi connectivity index (χ1) is 10.4. The van der Waals surface area contributed by atoms with Gasteiger partial charge in [-0.2, -0.15) is 0 Å². The van der Waals surface area contributed by atoms with E-state index < -0.39 is 0 Å². The first-order valence-electron chi connectivity index (χ1n) is 6.88. The number of nitrogens with one attached hydrogen (secondary N) is 1.